The highest BCUT2D eigenvalue weighted by Gasteiger charge is 2.34. The summed E-state index contributed by atoms with van der Waals surface area (Å²) in [5, 5.41) is 9.47. The minimum atomic E-state index is -0.898. The van der Waals surface area contributed by atoms with Crippen molar-refractivity contribution >= 4 is 29.4 Å². The van der Waals surface area contributed by atoms with Crippen LogP contribution in [0.15, 0.2) is 87.8 Å². The number of thiazole rings is 1. The monoisotopic (exact) mass is 667 g/mol. The fourth-order valence-electron chi connectivity index (χ4n) is 5.17. The number of carbonyl (C=O) groups is 2. The molecule has 1 aromatic heterocycles. The van der Waals surface area contributed by atoms with Gasteiger partial charge < -0.3 is 23.7 Å². The average molecular weight is 668 g/mol. The van der Waals surface area contributed by atoms with Crippen molar-refractivity contribution in [2.24, 2.45) is 4.99 Å². The highest BCUT2D eigenvalue weighted by molar-refractivity contribution is 7.07. The standard InChI is InChI=1S/C36H33N3O8S/c1-5-44-29-17-24(15-16-28(29)47-21-31(40)43-4)33-32(35(42)45-6-2)22(3)38-36-39(33)34(41)30(48-36)18-23-11-9-10-14-27(23)46-20-26-13-8-7-12-25(26)19-37/h7-18,33H,5-6,20-21H2,1-4H3/b30-18+/t33-/m0/s1. The van der Waals surface area contributed by atoms with Gasteiger partial charge in [0.25, 0.3) is 5.56 Å². The summed E-state index contributed by atoms with van der Waals surface area (Å²) in [5.74, 6) is -0.0113. The second-order valence-electron chi connectivity index (χ2n) is 10.4. The van der Waals surface area contributed by atoms with Gasteiger partial charge in [0.1, 0.15) is 12.4 Å². The lowest BCUT2D eigenvalue weighted by Gasteiger charge is -2.25. The molecule has 48 heavy (non-hydrogen) atoms. The van der Waals surface area contributed by atoms with E-state index in [1.165, 1.54) is 23.0 Å². The molecular weight excluding hydrogens is 634 g/mol. The number of nitrogens with zero attached hydrogens (tertiary/aromatic N) is 3. The lowest BCUT2D eigenvalue weighted by Crippen LogP contribution is -2.40. The lowest BCUT2D eigenvalue weighted by atomic mass is 9.95. The quantitative estimate of drug-likeness (QED) is 0.204. The zero-order valence-electron chi connectivity index (χ0n) is 26.8. The summed E-state index contributed by atoms with van der Waals surface area (Å²) >= 11 is 1.18. The third-order valence-electron chi connectivity index (χ3n) is 7.40. The van der Waals surface area contributed by atoms with Gasteiger partial charge >= 0.3 is 11.9 Å². The van der Waals surface area contributed by atoms with Crippen molar-refractivity contribution in [1.29, 1.82) is 5.26 Å². The van der Waals surface area contributed by atoms with Crippen LogP contribution in [0.5, 0.6) is 17.2 Å². The number of carbonyl (C=O) groups excluding carboxylic acids is 2. The Labute approximate surface area is 280 Å². The number of esters is 2. The lowest BCUT2D eigenvalue weighted by molar-refractivity contribution is -0.143. The third-order valence-corrected chi connectivity index (χ3v) is 8.38. The molecule has 0 unspecified atom stereocenters. The van der Waals surface area contributed by atoms with Crippen LogP contribution >= 0.6 is 11.3 Å². The van der Waals surface area contributed by atoms with Crippen LogP contribution in [0.2, 0.25) is 0 Å². The van der Waals surface area contributed by atoms with Crippen LogP contribution in [-0.2, 0) is 25.7 Å². The molecule has 0 amide bonds. The SMILES string of the molecule is CCOC(=O)C1=C(C)N=c2s/c(=C/c3ccccc3OCc3ccccc3C#N)c(=O)n2[C@H]1c1ccc(OCC(=O)OC)c(OCC)c1. The summed E-state index contributed by atoms with van der Waals surface area (Å²) in [7, 11) is 1.27. The van der Waals surface area contributed by atoms with Crippen molar-refractivity contribution in [2.75, 3.05) is 26.9 Å². The molecule has 1 atom stereocenters. The molecule has 4 aromatic rings. The van der Waals surface area contributed by atoms with E-state index in [0.29, 0.717) is 55.6 Å². The van der Waals surface area contributed by atoms with E-state index in [4.69, 9.17) is 18.9 Å². The number of fused-ring (bicyclic) bond motifs is 1. The number of hydrogen-bond acceptors (Lipinski definition) is 11. The first kappa shape index (κ1) is 33.7. The van der Waals surface area contributed by atoms with Gasteiger partial charge in [0.2, 0.25) is 0 Å². The number of aromatic nitrogens is 1. The van der Waals surface area contributed by atoms with Crippen LogP contribution in [0.3, 0.4) is 0 Å². The van der Waals surface area contributed by atoms with E-state index < -0.39 is 18.0 Å². The maximum Gasteiger partial charge on any atom is 0.343 e. The predicted molar refractivity (Wildman–Crippen MR) is 177 cm³/mol. The first-order valence-electron chi connectivity index (χ1n) is 15.1. The second kappa shape index (κ2) is 15.3. The number of ether oxygens (including phenoxy) is 5. The molecule has 0 bridgehead atoms. The Bertz CT molecular complexity index is 2110. The van der Waals surface area contributed by atoms with Crippen molar-refractivity contribution in [1.82, 2.24) is 4.57 Å². The van der Waals surface area contributed by atoms with E-state index in [2.05, 4.69) is 15.8 Å². The van der Waals surface area contributed by atoms with E-state index >= 15 is 0 Å². The van der Waals surface area contributed by atoms with E-state index in [-0.39, 0.29) is 31.0 Å². The van der Waals surface area contributed by atoms with Crippen LogP contribution in [0.4, 0.5) is 0 Å². The van der Waals surface area contributed by atoms with Gasteiger partial charge in [-0.1, -0.05) is 53.8 Å². The number of nitriles is 1. The smallest absolute Gasteiger partial charge is 0.343 e. The zero-order valence-corrected chi connectivity index (χ0v) is 27.7. The number of allylic oxidation sites excluding steroid dienone is 1. The Morgan fingerprint density at radius 3 is 2.50 bits per heavy atom. The van der Waals surface area contributed by atoms with Gasteiger partial charge in [-0.25, -0.2) is 14.6 Å². The number of rotatable bonds is 12. The number of methoxy groups -OCH3 is 1. The number of benzene rings is 3. The third kappa shape index (κ3) is 7.16. The zero-order chi connectivity index (χ0) is 34.2. The fourth-order valence-corrected chi connectivity index (χ4v) is 6.21. The summed E-state index contributed by atoms with van der Waals surface area (Å²) in [6.07, 6.45) is 1.73. The molecule has 0 saturated heterocycles. The minimum Gasteiger partial charge on any atom is -0.490 e. The molecule has 1 aliphatic heterocycles. The van der Waals surface area contributed by atoms with Gasteiger partial charge in [0.15, 0.2) is 22.9 Å². The van der Waals surface area contributed by atoms with Gasteiger partial charge in [0.05, 0.1) is 53.8 Å². The average Bonchev–Trinajstić information content (AvgIpc) is 3.40. The van der Waals surface area contributed by atoms with Gasteiger partial charge in [-0.2, -0.15) is 5.26 Å². The molecule has 3 aromatic carbocycles. The summed E-state index contributed by atoms with van der Waals surface area (Å²) in [4.78, 5) is 44.4. The van der Waals surface area contributed by atoms with Crippen LogP contribution < -0.4 is 29.1 Å². The van der Waals surface area contributed by atoms with E-state index in [1.54, 1.807) is 63.2 Å². The molecule has 0 aliphatic carbocycles. The van der Waals surface area contributed by atoms with E-state index in [1.807, 2.05) is 30.3 Å². The van der Waals surface area contributed by atoms with Crippen LogP contribution in [0.25, 0.3) is 6.08 Å². The maximum absolute atomic E-state index is 14.2. The summed E-state index contributed by atoms with van der Waals surface area (Å²) in [6.45, 7) is 5.48. The molecule has 11 nitrogen and oxygen atoms in total. The Morgan fingerprint density at radius 2 is 1.75 bits per heavy atom. The molecule has 246 valence electrons. The first-order chi connectivity index (χ1) is 23.3. The number of para-hydroxylation sites is 1. The summed E-state index contributed by atoms with van der Waals surface area (Å²) in [5.41, 5.74) is 2.72. The molecular formula is C36H33N3O8S. The molecule has 0 saturated carbocycles. The summed E-state index contributed by atoms with van der Waals surface area (Å²) < 4.78 is 29.5. The van der Waals surface area contributed by atoms with Crippen molar-refractivity contribution in [3.63, 3.8) is 0 Å². The van der Waals surface area contributed by atoms with Crippen LogP contribution in [-0.4, -0.2) is 43.4 Å². The van der Waals surface area contributed by atoms with Gasteiger partial charge in [0, 0.05) is 11.1 Å². The van der Waals surface area contributed by atoms with E-state index in [0.717, 1.165) is 5.56 Å². The molecule has 5 rings (SSSR count). The van der Waals surface area contributed by atoms with Crippen molar-refractivity contribution < 1.29 is 33.3 Å². The van der Waals surface area contributed by atoms with Crippen LogP contribution in [0.1, 0.15) is 49.1 Å². The molecule has 12 heteroatoms. The fraction of sp³-hybridized carbons (Fsp3) is 0.250. The van der Waals surface area contributed by atoms with Crippen molar-refractivity contribution in [3.8, 4) is 23.3 Å². The van der Waals surface area contributed by atoms with Crippen molar-refractivity contribution in [3.05, 3.63) is 120 Å². The summed E-state index contributed by atoms with van der Waals surface area (Å²) in [6, 6.07) is 20.8. The Kier molecular flexibility index (Phi) is 10.7. The maximum atomic E-state index is 14.2. The van der Waals surface area contributed by atoms with E-state index in [9.17, 15) is 19.6 Å². The second-order valence-corrected chi connectivity index (χ2v) is 11.4. The van der Waals surface area contributed by atoms with Crippen molar-refractivity contribution in [2.45, 2.75) is 33.4 Å². The largest absolute Gasteiger partial charge is 0.490 e. The van der Waals surface area contributed by atoms with Gasteiger partial charge in [-0.05, 0) is 56.7 Å². The number of hydrogen-bond donors (Lipinski definition) is 0. The highest BCUT2D eigenvalue weighted by atomic mass is 32.1. The van der Waals surface area contributed by atoms with Gasteiger partial charge in [-0.3, -0.25) is 9.36 Å². The molecule has 1 aliphatic rings. The molecule has 2 heterocycles. The first-order valence-corrected chi connectivity index (χ1v) is 16.0. The normalized spacial score (nSPS) is 14.0. The highest BCUT2D eigenvalue weighted by Crippen LogP contribution is 2.36. The predicted octanol–water partition coefficient (Wildman–Crippen LogP) is 4.20. The Balaban J connectivity index is 1.60. The molecule has 0 N–H and O–H groups in total. The Morgan fingerprint density at radius 1 is 0.979 bits per heavy atom. The topological polar surface area (TPSA) is 138 Å². The Hall–Kier alpha value is -5.67. The molecule has 0 spiro atoms. The van der Waals surface area contributed by atoms with Gasteiger partial charge in [-0.15, -0.1) is 0 Å². The molecule has 0 fully saturated rings. The molecule has 0 radical (unpaired) electrons. The minimum absolute atomic E-state index is 0.132. The van der Waals surface area contributed by atoms with Crippen LogP contribution in [0, 0.1) is 11.3 Å².